The molecule has 0 spiro atoms. The third-order valence-corrected chi connectivity index (χ3v) is 6.01. The number of hydrogen-bond acceptors (Lipinski definition) is 8. The Balaban J connectivity index is 0.00000341. The Bertz CT molecular complexity index is 1110. The number of carbonyl (C=O) groups is 1. The van der Waals surface area contributed by atoms with Gasteiger partial charge < -0.3 is 29.2 Å². The van der Waals surface area contributed by atoms with Gasteiger partial charge >= 0.3 is 51.4 Å². The maximum atomic E-state index is 12.3. The molecule has 0 aliphatic carbocycles. The normalized spacial score (nSPS) is 17.9. The van der Waals surface area contributed by atoms with Gasteiger partial charge in [-0.2, -0.15) is 8.42 Å². The van der Waals surface area contributed by atoms with Crippen molar-refractivity contribution in [2.75, 3.05) is 20.8 Å². The van der Waals surface area contributed by atoms with Crippen molar-refractivity contribution in [1.82, 2.24) is 0 Å². The molecular weight excluding hydrogens is 455 g/mol. The Morgan fingerprint density at radius 3 is 2.48 bits per heavy atom. The number of benzene rings is 2. The van der Waals surface area contributed by atoms with E-state index in [1.165, 1.54) is 44.6 Å². The van der Waals surface area contributed by atoms with E-state index in [1.807, 2.05) is 0 Å². The molecule has 0 saturated heterocycles. The Morgan fingerprint density at radius 2 is 1.90 bits per heavy atom. The summed E-state index contributed by atoms with van der Waals surface area (Å²) in [5.41, 5.74) is 0.583. The van der Waals surface area contributed by atoms with Crippen LogP contribution in [0.2, 0.25) is 0 Å². The van der Waals surface area contributed by atoms with Gasteiger partial charge in [-0.15, -0.1) is 0 Å². The van der Waals surface area contributed by atoms with Crippen molar-refractivity contribution in [3.63, 3.8) is 0 Å². The standard InChI is InChI=1S/C20H20O9S.K/c1-27-12-4-5-16-14(9-12)20(30(24,25)26)15(10-29-16)13-7-11(3-6-18(21)22)8-17(28-2)19(13)23;/h3-9,15,20,23H,10H2,1-2H3,(H,21,22)(H,24,25,26);/q;+1/p-1/b6-3+;/t15-,20+;/m1./s1. The van der Waals surface area contributed by atoms with E-state index in [4.69, 9.17) is 14.2 Å². The number of phenolic OH excluding ortho intramolecular Hbond substituents is 1. The average Bonchev–Trinajstić information content (AvgIpc) is 2.70. The molecule has 2 aromatic rings. The maximum absolute atomic E-state index is 12.3. The van der Waals surface area contributed by atoms with Crippen LogP contribution >= 0.6 is 0 Å². The van der Waals surface area contributed by atoms with Crippen molar-refractivity contribution in [3.05, 3.63) is 53.1 Å². The van der Waals surface area contributed by atoms with Crippen LogP contribution in [0.15, 0.2) is 36.4 Å². The van der Waals surface area contributed by atoms with Crippen LogP contribution in [0.4, 0.5) is 0 Å². The van der Waals surface area contributed by atoms with Gasteiger partial charge in [-0.3, -0.25) is 4.55 Å². The molecule has 1 aliphatic rings. The van der Waals surface area contributed by atoms with E-state index in [1.54, 1.807) is 6.07 Å². The van der Waals surface area contributed by atoms with Gasteiger partial charge in [-0.1, -0.05) is 6.08 Å². The molecule has 9 nitrogen and oxygen atoms in total. The van der Waals surface area contributed by atoms with E-state index >= 15 is 0 Å². The minimum atomic E-state index is -4.65. The number of methoxy groups -OCH3 is 2. The third-order valence-electron chi connectivity index (χ3n) is 4.79. The van der Waals surface area contributed by atoms with Gasteiger partial charge in [0, 0.05) is 17.0 Å². The molecule has 3 rings (SSSR count). The van der Waals surface area contributed by atoms with Gasteiger partial charge in [0.15, 0.2) is 11.5 Å². The largest absolute Gasteiger partial charge is 1.00 e. The molecule has 0 aromatic heterocycles. The van der Waals surface area contributed by atoms with Crippen molar-refractivity contribution >= 4 is 22.2 Å². The number of ether oxygens (including phenoxy) is 3. The molecule has 160 valence electrons. The zero-order chi connectivity index (χ0) is 22.1. The summed E-state index contributed by atoms with van der Waals surface area (Å²) in [6.07, 6.45) is 2.00. The summed E-state index contributed by atoms with van der Waals surface area (Å²) in [5, 5.41) is 19.9. The number of carbonyl (C=O) groups excluding carboxylic acids is 1. The van der Waals surface area contributed by atoms with Crippen LogP contribution in [0.5, 0.6) is 23.0 Å². The number of carboxylic acids is 1. The summed E-state index contributed by atoms with van der Waals surface area (Å²) in [4.78, 5) is 10.7. The van der Waals surface area contributed by atoms with Gasteiger partial charge in [-0.25, -0.2) is 0 Å². The Kier molecular flexibility index (Phi) is 8.56. The third kappa shape index (κ3) is 5.61. The summed E-state index contributed by atoms with van der Waals surface area (Å²) in [5.74, 6) is -2.19. The van der Waals surface area contributed by atoms with Crippen LogP contribution < -0.4 is 70.7 Å². The van der Waals surface area contributed by atoms with E-state index in [2.05, 4.69) is 0 Å². The molecule has 1 heterocycles. The minimum Gasteiger partial charge on any atom is -0.545 e. The molecule has 2 N–H and O–H groups in total. The summed E-state index contributed by atoms with van der Waals surface area (Å²) < 4.78 is 50.7. The van der Waals surface area contributed by atoms with Crippen LogP contribution in [0.25, 0.3) is 6.08 Å². The average molecular weight is 475 g/mol. The maximum Gasteiger partial charge on any atom is 1.00 e. The molecular formula is C20H19KO9S. The predicted octanol–water partition coefficient (Wildman–Crippen LogP) is -1.72. The molecule has 2 atom stereocenters. The van der Waals surface area contributed by atoms with Crippen molar-refractivity contribution < 1.29 is 93.6 Å². The first-order chi connectivity index (χ1) is 14.2. The quantitative estimate of drug-likeness (QED) is 0.284. The number of fused-ring (bicyclic) bond motifs is 1. The van der Waals surface area contributed by atoms with Crippen LogP contribution in [-0.2, 0) is 14.9 Å². The fourth-order valence-corrected chi connectivity index (χ4v) is 4.61. The zero-order valence-electron chi connectivity index (χ0n) is 17.1. The summed E-state index contributed by atoms with van der Waals surface area (Å²) in [7, 11) is -1.94. The summed E-state index contributed by atoms with van der Waals surface area (Å²) in [6, 6.07) is 7.33. The van der Waals surface area contributed by atoms with Gasteiger partial charge in [0.1, 0.15) is 16.7 Å². The monoisotopic (exact) mass is 474 g/mol. The predicted molar refractivity (Wildman–Crippen MR) is 104 cm³/mol. The second-order valence-corrected chi connectivity index (χ2v) is 8.11. The van der Waals surface area contributed by atoms with Crippen LogP contribution in [0.3, 0.4) is 0 Å². The van der Waals surface area contributed by atoms with E-state index in [0.29, 0.717) is 11.3 Å². The minimum absolute atomic E-state index is 0. The fraction of sp³-hybridized carbons (Fsp3) is 0.250. The Morgan fingerprint density at radius 1 is 1.19 bits per heavy atom. The second-order valence-electron chi connectivity index (χ2n) is 6.57. The molecule has 1 aliphatic heterocycles. The second kappa shape index (κ2) is 10.3. The van der Waals surface area contributed by atoms with Crippen molar-refractivity contribution in [2.24, 2.45) is 0 Å². The van der Waals surface area contributed by atoms with Crippen LogP contribution in [0, 0.1) is 0 Å². The number of rotatable bonds is 6. The SMILES string of the molecule is COc1ccc2c(c1)[C@H](S(=O)(=O)O)[C@@H](c1cc(/C=C/C(=O)[O-])cc(OC)c1O)CO2.[K+]. The molecule has 0 radical (unpaired) electrons. The van der Waals surface area contributed by atoms with E-state index < -0.39 is 27.3 Å². The number of aliphatic carboxylic acids is 1. The molecule has 0 unspecified atom stereocenters. The van der Waals surface area contributed by atoms with Crippen molar-refractivity contribution in [1.29, 1.82) is 0 Å². The van der Waals surface area contributed by atoms with E-state index in [9.17, 15) is 28.0 Å². The van der Waals surface area contributed by atoms with E-state index in [0.717, 1.165) is 6.08 Å². The first kappa shape index (κ1) is 25.7. The molecule has 11 heteroatoms. The van der Waals surface area contributed by atoms with Gasteiger partial charge in [0.05, 0.1) is 26.8 Å². The van der Waals surface area contributed by atoms with Gasteiger partial charge in [-0.05, 0) is 42.0 Å². The zero-order valence-corrected chi connectivity index (χ0v) is 21.0. The smallest absolute Gasteiger partial charge is 0.545 e. The topological polar surface area (TPSA) is 142 Å². The van der Waals surface area contributed by atoms with Crippen molar-refractivity contribution in [2.45, 2.75) is 11.2 Å². The van der Waals surface area contributed by atoms with Gasteiger partial charge in [0.2, 0.25) is 0 Å². The van der Waals surface area contributed by atoms with Gasteiger partial charge in [0.25, 0.3) is 10.1 Å². The Hall–Kier alpha value is -1.60. The van der Waals surface area contributed by atoms with Crippen LogP contribution in [-0.4, -0.2) is 44.9 Å². The molecule has 31 heavy (non-hydrogen) atoms. The molecule has 0 fully saturated rings. The number of carboxylic acid groups (broad SMARTS) is 1. The first-order valence-electron chi connectivity index (χ1n) is 8.72. The number of aromatic hydroxyl groups is 1. The molecule has 0 bridgehead atoms. The fourth-order valence-electron chi connectivity index (χ4n) is 3.46. The number of phenols is 1. The Labute approximate surface area is 221 Å². The van der Waals surface area contributed by atoms with Crippen molar-refractivity contribution in [3.8, 4) is 23.0 Å². The number of hydrogen-bond donors (Lipinski definition) is 2. The summed E-state index contributed by atoms with van der Waals surface area (Å²) in [6.45, 7) is -0.172. The molecule has 0 amide bonds. The first-order valence-corrected chi connectivity index (χ1v) is 10.2. The summed E-state index contributed by atoms with van der Waals surface area (Å²) >= 11 is 0. The van der Waals surface area contributed by atoms with E-state index in [-0.39, 0.29) is 86.4 Å². The molecule has 2 aromatic carbocycles. The molecule has 0 saturated carbocycles. The van der Waals surface area contributed by atoms with Crippen LogP contribution in [0.1, 0.15) is 27.9 Å².